The Balaban J connectivity index is 1.93. The van der Waals surface area contributed by atoms with Crippen molar-refractivity contribution in [3.8, 4) is 0 Å². The van der Waals surface area contributed by atoms with Crippen LogP contribution in [0.2, 0.25) is 0 Å². The molecule has 0 amide bonds. The van der Waals surface area contributed by atoms with Crippen molar-refractivity contribution >= 4 is 5.69 Å². The predicted molar refractivity (Wildman–Crippen MR) is 84.3 cm³/mol. The van der Waals surface area contributed by atoms with Gasteiger partial charge < -0.3 is 4.90 Å². The van der Waals surface area contributed by atoms with Crippen molar-refractivity contribution < 1.29 is 0 Å². The molecule has 1 fully saturated rings. The predicted octanol–water partition coefficient (Wildman–Crippen LogP) is 4.14. The molecule has 2 heterocycles. The van der Waals surface area contributed by atoms with Gasteiger partial charge in [-0.15, -0.1) is 0 Å². The van der Waals surface area contributed by atoms with Crippen LogP contribution in [-0.4, -0.2) is 9.97 Å². The number of rotatable bonds is 1. The molecule has 1 saturated carbocycles. The van der Waals surface area contributed by atoms with Gasteiger partial charge in [0.1, 0.15) is 6.33 Å². The molecular weight excluding hydrogens is 258 g/mol. The van der Waals surface area contributed by atoms with Crippen LogP contribution in [0, 0.1) is 6.92 Å². The molecule has 1 spiro atoms. The van der Waals surface area contributed by atoms with Gasteiger partial charge in [-0.2, -0.15) is 0 Å². The smallest absolute Gasteiger partial charge is 0.115 e. The number of nitrogens with zero attached hydrogens (tertiary/aromatic N) is 3. The molecule has 2 aliphatic rings. The molecular formula is C18H21N3. The maximum absolute atomic E-state index is 4.61. The second-order valence-corrected chi connectivity index (χ2v) is 6.39. The topological polar surface area (TPSA) is 29.0 Å². The highest BCUT2D eigenvalue weighted by atomic mass is 15.3. The fourth-order valence-electron chi connectivity index (χ4n) is 4.40. The minimum atomic E-state index is 0.113. The third kappa shape index (κ3) is 1.66. The van der Waals surface area contributed by atoms with Crippen LogP contribution >= 0.6 is 0 Å². The van der Waals surface area contributed by atoms with Gasteiger partial charge in [0.05, 0.1) is 17.3 Å². The van der Waals surface area contributed by atoms with Crippen LogP contribution in [0.25, 0.3) is 0 Å². The third-order valence-corrected chi connectivity index (χ3v) is 5.29. The highest BCUT2D eigenvalue weighted by molar-refractivity contribution is 5.62. The molecule has 108 valence electrons. The maximum Gasteiger partial charge on any atom is 0.115 e. The molecule has 1 atom stereocenters. The van der Waals surface area contributed by atoms with Gasteiger partial charge in [-0.1, -0.05) is 31.0 Å². The summed E-state index contributed by atoms with van der Waals surface area (Å²) < 4.78 is 0. The Kier molecular flexibility index (Phi) is 2.78. The first-order valence-corrected chi connectivity index (χ1v) is 7.89. The van der Waals surface area contributed by atoms with E-state index in [1.807, 2.05) is 0 Å². The molecule has 1 aliphatic carbocycles. The molecule has 0 radical (unpaired) electrons. The van der Waals surface area contributed by atoms with E-state index in [1.165, 1.54) is 48.2 Å². The molecule has 2 aromatic rings. The Labute approximate surface area is 126 Å². The molecule has 0 saturated heterocycles. The Morgan fingerprint density at radius 3 is 2.71 bits per heavy atom. The minimum Gasteiger partial charge on any atom is -0.353 e. The van der Waals surface area contributed by atoms with E-state index in [1.54, 1.807) is 6.33 Å². The number of aryl methyl sites for hydroxylation is 1. The summed E-state index contributed by atoms with van der Waals surface area (Å²) in [6.45, 7) is 4.49. The molecule has 0 N–H and O–H groups in total. The molecule has 1 aromatic heterocycles. The van der Waals surface area contributed by atoms with E-state index in [2.05, 4.69) is 59.2 Å². The second-order valence-electron chi connectivity index (χ2n) is 6.39. The van der Waals surface area contributed by atoms with Gasteiger partial charge >= 0.3 is 0 Å². The third-order valence-electron chi connectivity index (χ3n) is 5.29. The van der Waals surface area contributed by atoms with Crippen molar-refractivity contribution in [3.63, 3.8) is 0 Å². The lowest BCUT2D eigenvalue weighted by Gasteiger charge is -2.40. The number of para-hydroxylation sites is 1. The van der Waals surface area contributed by atoms with Crippen LogP contribution in [0.15, 0.2) is 36.8 Å². The second kappa shape index (κ2) is 4.55. The first-order chi connectivity index (χ1) is 10.2. The van der Waals surface area contributed by atoms with E-state index in [4.69, 9.17) is 0 Å². The van der Waals surface area contributed by atoms with Gasteiger partial charge in [-0.3, -0.25) is 0 Å². The van der Waals surface area contributed by atoms with Crippen LogP contribution in [-0.2, 0) is 5.54 Å². The summed E-state index contributed by atoms with van der Waals surface area (Å²) in [5.74, 6) is 0. The van der Waals surface area contributed by atoms with E-state index in [9.17, 15) is 0 Å². The van der Waals surface area contributed by atoms with E-state index in [0.29, 0.717) is 6.04 Å². The number of anilines is 1. The average Bonchev–Trinajstić information content (AvgIpc) is 3.07. The lowest BCUT2D eigenvalue weighted by Crippen LogP contribution is -2.40. The van der Waals surface area contributed by atoms with Crippen LogP contribution in [0.4, 0.5) is 5.69 Å². The van der Waals surface area contributed by atoms with Crippen LogP contribution in [0.3, 0.4) is 0 Å². The number of fused-ring (bicyclic) bond motifs is 2. The summed E-state index contributed by atoms with van der Waals surface area (Å²) in [4.78, 5) is 11.6. The van der Waals surface area contributed by atoms with Crippen molar-refractivity contribution in [2.45, 2.75) is 51.1 Å². The Morgan fingerprint density at radius 1 is 1.19 bits per heavy atom. The van der Waals surface area contributed by atoms with Crippen LogP contribution in [0.5, 0.6) is 0 Å². The molecule has 21 heavy (non-hydrogen) atoms. The van der Waals surface area contributed by atoms with Crippen molar-refractivity contribution in [1.82, 2.24) is 9.97 Å². The summed E-state index contributed by atoms with van der Waals surface area (Å²) in [7, 11) is 0. The number of hydrogen-bond donors (Lipinski definition) is 0. The van der Waals surface area contributed by atoms with Gasteiger partial charge in [-0.05, 0) is 38.3 Å². The zero-order valence-corrected chi connectivity index (χ0v) is 12.7. The van der Waals surface area contributed by atoms with Crippen LogP contribution in [0.1, 0.15) is 55.5 Å². The summed E-state index contributed by atoms with van der Waals surface area (Å²) in [6, 6.07) is 9.05. The molecule has 3 heteroatoms. The summed E-state index contributed by atoms with van der Waals surface area (Å²) >= 11 is 0. The van der Waals surface area contributed by atoms with E-state index < -0.39 is 0 Å². The van der Waals surface area contributed by atoms with Gasteiger partial charge in [0, 0.05) is 17.4 Å². The fraction of sp³-hybridized carbons (Fsp3) is 0.444. The molecule has 1 aromatic carbocycles. The highest BCUT2D eigenvalue weighted by Crippen LogP contribution is 2.55. The van der Waals surface area contributed by atoms with E-state index in [0.717, 1.165) is 0 Å². The van der Waals surface area contributed by atoms with Gasteiger partial charge in [-0.25, -0.2) is 9.97 Å². The maximum atomic E-state index is 4.61. The molecule has 0 bridgehead atoms. The highest BCUT2D eigenvalue weighted by Gasteiger charge is 2.51. The van der Waals surface area contributed by atoms with Crippen molar-refractivity contribution in [3.05, 3.63) is 53.6 Å². The monoisotopic (exact) mass is 279 g/mol. The first-order valence-electron chi connectivity index (χ1n) is 7.89. The van der Waals surface area contributed by atoms with Gasteiger partial charge in [0.2, 0.25) is 0 Å². The average molecular weight is 279 g/mol. The quantitative estimate of drug-likeness (QED) is 0.785. The lowest BCUT2D eigenvalue weighted by molar-refractivity contribution is 0.415. The fourth-order valence-corrected chi connectivity index (χ4v) is 4.40. The Morgan fingerprint density at radius 2 is 1.95 bits per heavy atom. The van der Waals surface area contributed by atoms with Gasteiger partial charge in [0.25, 0.3) is 0 Å². The number of benzene rings is 1. The zero-order chi connectivity index (χ0) is 14.4. The zero-order valence-electron chi connectivity index (χ0n) is 12.7. The summed E-state index contributed by atoms with van der Waals surface area (Å²) in [5.41, 5.74) is 5.39. The Bertz CT molecular complexity index is 674. The van der Waals surface area contributed by atoms with Crippen molar-refractivity contribution in [2.75, 3.05) is 4.90 Å². The summed E-state index contributed by atoms with van der Waals surface area (Å²) in [5, 5.41) is 0. The SMILES string of the molecule is Cc1ccccc1N1C(C)c2ncncc2C12CCCC2. The largest absolute Gasteiger partial charge is 0.353 e. The van der Waals surface area contributed by atoms with E-state index >= 15 is 0 Å². The number of aromatic nitrogens is 2. The van der Waals surface area contributed by atoms with Crippen LogP contribution < -0.4 is 4.90 Å². The standard InChI is InChI=1S/C18H21N3/c1-13-7-3-4-8-16(13)21-14(2)17-15(11-19-12-20-17)18(21)9-5-6-10-18/h3-4,7-8,11-12,14H,5-6,9-10H2,1-2H3. The normalized spacial score (nSPS) is 22.8. The number of hydrogen-bond acceptors (Lipinski definition) is 3. The minimum absolute atomic E-state index is 0.113. The molecule has 4 rings (SSSR count). The molecule has 3 nitrogen and oxygen atoms in total. The Hall–Kier alpha value is -1.90. The summed E-state index contributed by atoms with van der Waals surface area (Å²) in [6.07, 6.45) is 8.77. The first kappa shape index (κ1) is 12.8. The van der Waals surface area contributed by atoms with Crippen molar-refractivity contribution in [1.29, 1.82) is 0 Å². The van der Waals surface area contributed by atoms with E-state index in [-0.39, 0.29) is 5.54 Å². The molecule has 1 unspecified atom stereocenters. The molecule has 1 aliphatic heterocycles. The lowest BCUT2D eigenvalue weighted by atomic mass is 9.89. The van der Waals surface area contributed by atoms with Gasteiger partial charge in [0.15, 0.2) is 0 Å². The van der Waals surface area contributed by atoms with Crippen molar-refractivity contribution in [2.24, 2.45) is 0 Å².